The first-order chi connectivity index (χ1) is 14.0. The van der Waals surface area contributed by atoms with E-state index < -0.39 is 5.41 Å². The van der Waals surface area contributed by atoms with Crippen molar-refractivity contribution < 1.29 is 9.59 Å². The molecule has 3 atom stereocenters. The molecule has 1 aromatic carbocycles. The number of hydrogen-bond acceptors (Lipinski definition) is 3. The monoisotopic (exact) mass is 385 g/mol. The minimum Gasteiger partial charge on any atom is -0.337 e. The summed E-state index contributed by atoms with van der Waals surface area (Å²) in [5, 5.41) is 0. The van der Waals surface area contributed by atoms with Gasteiger partial charge in [0.1, 0.15) is 0 Å². The van der Waals surface area contributed by atoms with Crippen LogP contribution in [-0.4, -0.2) is 28.1 Å². The highest BCUT2D eigenvalue weighted by atomic mass is 16.2. The molecule has 0 spiro atoms. The van der Waals surface area contributed by atoms with E-state index in [4.69, 9.17) is 6.57 Å². The molecule has 1 aliphatic carbocycles. The molecule has 1 fully saturated rings. The Morgan fingerprint density at radius 2 is 2.00 bits per heavy atom. The van der Waals surface area contributed by atoms with Crippen LogP contribution in [0.2, 0.25) is 0 Å². The Bertz CT molecular complexity index is 1040. The second-order valence-corrected chi connectivity index (χ2v) is 7.96. The van der Waals surface area contributed by atoms with Gasteiger partial charge in [-0.3, -0.25) is 9.78 Å². The molecular formula is C24H23N3O2. The molecule has 1 aliphatic heterocycles. The molecule has 29 heavy (non-hydrogen) atoms. The minimum absolute atomic E-state index is 0.0325. The Hall–Kier alpha value is -3.26. The molecule has 0 unspecified atom stereocenters. The van der Waals surface area contributed by atoms with Crippen molar-refractivity contribution in [1.82, 2.24) is 9.88 Å². The van der Waals surface area contributed by atoms with Crippen molar-refractivity contribution in [3.8, 4) is 0 Å². The van der Waals surface area contributed by atoms with E-state index in [1.54, 1.807) is 12.3 Å². The maximum absolute atomic E-state index is 13.9. The van der Waals surface area contributed by atoms with Crippen molar-refractivity contribution in [3.63, 3.8) is 0 Å². The number of ketones is 1. The van der Waals surface area contributed by atoms with Gasteiger partial charge in [0, 0.05) is 30.9 Å². The summed E-state index contributed by atoms with van der Waals surface area (Å²) in [6.07, 6.45) is 4.13. The van der Waals surface area contributed by atoms with E-state index in [9.17, 15) is 9.59 Å². The van der Waals surface area contributed by atoms with Crippen LogP contribution in [0.5, 0.6) is 0 Å². The molecule has 5 nitrogen and oxygen atoms in total. The number of carbonyl (C=O) groups excluding carboxylic acids is 2. The molecule has 0 saturated carbocycles. The summed E-state index contributed by atoms with van der Waals surface area (Å²) in [6.45, 7) is 12.4. The fourth-order valence-electron chi connectivity index (χ4n) is 4.86. The van der Waals surface area contributed by atoms with Gasteiger partial charge in [0.2, 0.25) is 11.6 Å². The predicted octanol–water partition coefficient (Wildman–Crippen LogP) is 3.70. The standard InChI is InChI=1S/C24H23N3O2/c1-16-13-18(9-11-26-16)15-27-12-10-20-17(2)22(28)21(25-3)14-24(20,23(27)29)19-7-5-4-6-8-19/h4-9,11,13-14,17,20H,10,12,15H2,1-2H3/t17-,20-,24+/m0/s1. The van der Waals surface area contributed by atoms with Crippen LogP contribution in [0.15, 0.2) is 60.4 Å². The van der Waals surface area contributed by atoms with Gasteiger partial charge < -0.3 is 9.69 Å². The summed E-state index contributed by atoms with van der Waals surface area (Å²) < 4.78 is 0. The lowest BCUT2D eigenvalue weighted by atomic mass is 9.58. The highest BCUT2D eigenvalue weighted by molar-refractivity contribution is 6.04. The minimum atomic E-state index is -0.977. The third-order valence-corrected chi connectivity index (χ3v) is 6.28. The van der Waals surface area contributed by atoms with Gasteiger partial charge in [0.05, 0.1) is 12.0 Å². The van der Waals surface area contributed by atoms with Crippen LogP contribution in [0, 0.1) is 25.3 Å². The molecule has 2 aromatic rings. The van der Waals surface area contributed by atoms with Crippen molar-refractivity contribution in [2.45, 2.75) is 32.2 Å². The zero-order valence-electron chi connectivity index (χ0n) is 16.6. The normalized spacial score (nSPS) is 26.5. The Morgan fingerprint density at radius 3 is 2.69 bits per heavy atom. The number of aryl methyl sites for hydroxylation is 1. The van der Waals surface area contributed by atoms with E-state index in [0.29, 0.717) is 13.1 Å². The highest BCUT2D eigenvalue weighted by Gasteiger charge is 2.56. The van der Waals surface area contributed by atoms with E-state index in [0.717, 1.165) is 23.2 Å². The fraction of sp³-hybridized carbons (Fsp3) is 0.333. The van der Waals surface area contributed by atoms with Crippen LogP contribution in [-0.2, 0) is 21.5 Å². The van der Waals surface area contributed by atoms with E-state index in [1.165, 1.54) is 0 Å². The van der Waals surface area contributed by atoms with Crippen molar-refractivity contribution in [1.29, 1.82) is 0 Å². The molecule has 1 amide bonds. The number of hydrogen-bond donors (Lipinski definition) is 0. The van der Waals surface area contributed by atoms with Gasteiger partial charge in [-0.25, -0.2) is 4.85 Å². The molecule has 1 saturated heterocycles. The summed E-state index contributed by atoms with van der Waals surface area (Å²) in [7, 11) is 0. The van der Waals surface area contributed by atoms with Crippen LogP contribution in [0.1, 0.15) is 30.2 Å². The number of fused-ring (bicyclic) bond motifs is 1. The third-order valence-electron chi connectivity index (χ3n) is 6.28. The maximum atomic E-state index is 13.9. The SMILES string of the molecule is [C-]#[N+]C1=C[C@]2(c3ccccc3)C(=O)N(Cc3ccnc(C)c3)CC[C@H]2[C@H](C)C1=O. The number of pyridine rings is 1. The summed E-state index contributed by atoms with van der Waals surface area (Å²) in [4.78, 5) is 36.2. The van der Waals surface area contributed by atoms with Gasteiger partial charge in [-0.15, -0.1) is 0 Å². The lowest BCUT2D eigenvalue weighted by molar-refractivity contribution is -0.145. The molecule has 4 rings (SSSR count). The van der Waals surface area contributed by atoms with Gasteiger partial charge in [0.15, 0.2) is 5.78 Å². The average molecular weight is 385 g/mol. The van der Waals surface area contributed by atoms with Gasteiger partial charge in [-0.1, -0.05) is 43.3 Å². The number of nitrogens with zero attached hydrogens (tertiary/aromatic N) is 3. The van der Waals surface area contributed by atoms with Gasteiger partial charge in [0.25, 0.3) is 0 Å². The Morgan fingerprint density at radius 1 is 1.24 bits per heavy atom. The lowest BCUT2D eigenvalue weighted by Crippen LogP contribution is -2.59. The first-order valence-corrected chi connectivity index (χ1v) is 9.88. The van der Waals surface area contributed by atoms with Crippen molar-refractivity contribution in [2.75, 3.05) is 6.54 Å². The number of benzene rings is 1. The molecular weight excluding hydrogens is 362 g/mol. The largest absolute Gasteiger partial charge is 0.337 e. The molecule has 0 bridgehead atoms. The molecule has 5 heteroatoms. The number of allylic oxidation sites excluding steroid dienone is 1. The first kappa shape index (κ1) is 19.1. The summed E-state index contributed by atoms with van der Waals surface area (Å²) in [5.41, 5.74) is 1.89. The van der Waals surface area contributed by atoms with E-state index in [-0.39, 0.29) is 29.2 Å². The fourth-order valence-corrected chi connectivity index (χ4v) is 4.86. The van der Waals surface area contributed by atoms with E-state index >= 15 is 0 Å². The number of Topliss-reactive ketones (excluding diaryl/α,β-unsaturated/α-hetero) is 1. The molecule has 1 aromatic heterocycles. The second kappa shape index (κ2) is 7.29. The molecule has 2 heterocycles. The second-order valence-electron chi connectivity index (χ2n) is 7.96. The molecule has 0 N–H and O–H groups in total. The van der Waals surface area contributed by atoms with Crippen LogP contribution in [0.3, 0.4) is 0 Å². The molecule has 2 aliphatic rings. The van der Waals surface area contributed by atoms with Crippen LogP contribution < -0.4 is 0 Å². The van der Waals surface area contributed by atoms with Crippen LogP contribution >= 0.6 is 0 Å². The zero-order chi connectivity index (χ0) is 20.6. The highest BCUT2D eigenvalue weighted by Crippen LogP contribution is 2.49. The number of carbonyl (C=O) groups is 2. The van der Waals surface area contributed by atoms with Crippen LogP contribution in [0.4, 0.5) is 0 Å². The Kier molecular flexibility index (Phi) is 4.79. The van der Waals surface area contributed by atoms with Crippen LogP contribution in [0.25, 0.3) is 4.85 Å². The van der Waals surface area contributed by atoms with Crippen molar-refractivity contribution in [3.05, 3.63) is 88.7 Å². The van der Waals surface area contributed by atoms with E-state index in [1.807, 2.05) is 61.2 Å². The van der Waals surface area contributed by atoms with E-state index in [2.05, 4.69) is 9.83 Å². The smallest absolute Gasteiger partial charge is 0.236 e. The number of aromatic nitrogens is 1. The summed E-state index contributed by atoms with van der Waals surface area (Å²) in [6, 6.07) is 13.5. The first-order valence-electron chi connectivity index (χ1n) is 9.88. The van der Waals surface area contributed by atoms with Crippen molar-refractivity contribution in [2.24, 2.45) is 11.8 Å². The number of likely N-dealkylation sites (tertiary alicyclic amines) is 1. The average Bonchev–Trinajstić information content (AvgIpc) is 2.73. The number of amides is 1. The van der Waals surface area contributed by atoms with Gasteiger partial charge in [-0.2, -0.15) is 0 Å². The van der Waals surface area contributed by atoms with Gasteiger partial charge >= 0.3 is 0 Å². The topological polar surface area (TPSA) is 54.6 Å². The molecule has 146 valence electrons. The van der Waals surface area contributed by atoms with Crippen molar-refractivity contribution >= 4 is 11.7 Å². The third kappa shape index (κ3) is 3.05. The molecule has 0 radical (unpaired) electrons. The summed E-state index contributed by atoms with van der Waals surface area (Å²) >= 11 is 0. The maximum Gasteiger partial charge on any atom is 0.236 e. The lowest BCUT2D eigenvalue weighted by Gasteiger charge is -2.50. The number of piperidine rings is 1. The Balaban J connectivity index is 1.83. The zero-order valence-corrected chi connectivity index (χ0v) is 16.6. The van der Waals surface area contributed by atoms with Gasteiger partial charge in [-0.05, 0) is 42.5 Å². The number of rotatable bonds is 3. The summed E-state index contributed by atoms with van der Waals surface area (Å²) in [5.74, 6) is -0.693. The quantitative estimate of drug-likeness (QED) is 0.757. The predicted molar refractivity (Wildman–Crippen MR) is 109 cm³/mol. The Labute approximate surface area is 170 Å².